The van der Waals surface area contributed by atoms with Crippen molar-refractivity contribution in [3.63, 3.8) is 0 Å². The van der Waals surface area contributed by atoms with Gasteiger partial charge in [0.2, 0.25) is 0 Å². The van der Waals surface area contributed by atoms with Crippen molar-refractivity contribution < 1.29 is 18.7 Å². The lowest BCUT2D eigenvalue weighted by molar-refractivity contribution is 0.376. The van der Waals surface area contributed by atoms with E-state index in [9.17, 15) is 0 Å². The molecule has 5 rings (SSSR count). The summed E-state index contributed by atoms with van der Waals surface area (Å²) in [5.41, 5.74) is 3.63. The normalized spacial score (nSPS) is 15.3. The molecule has 156 valence electrons. The Morgan fingerprint density at radius 1 is 1.07 bits per heavy atom. The molecule has 0 amide bonds. The largest absolute Gasteiger partial charge is 0.496 e. The van der Waals surface area contributed by atoms with Crippen molar-refractivity contribution >= 4 is 33.7 Å². The number of anilines is 1. The second-order valence-corrected chi connectivity index (χ2v) is 9.19. The zero-order chi connectivity index (χ0) is 20.9. The molecule has 1 aromatic heterocycles. The zero-order valence-corrected chi connectivity index (χ0v) is 19.3. The van der Waals surface area contributed by atoms with Crippen LogP contribution >= 0.6 is 27.9 Å². The van der Waals surface area contributed by atoms with Crippen LogP contribution in [0.25, 0.3) is 11.3 Å². The first kappa shape index (κ1) is 19.6. The molecule has 1 spiro atoms. The molecule has 1 heterocycles. The fourth-order valence-electron chi connectivity index (χ4n) is 4.15. The average Bonchev–Trinajstić information content (AvgIpc) is 3.43. The highest BCUT2D eigenvalue weighted by atomic mass is 79.9. The third kappa shape index (κ3) is 3.04. The highest BCUT2D eigenvalue weighted by molar-refractivity contribution is 9.10. The lowest BCUT2D eigenvalue weighted by atomic mass is 9.79. The van der Waals surface area contributed by atoms with Gasteiger partial charge in [0.25, 0.3) is 0 Å². The predicted molar refractivity (Wildman–Crippen MR) is 120 cm³/mol. The van der Waals surface area contributed by atoms with Gasteiger partial charge in [-0.05, 0) is 77.0 Å². The molecule has 0 atom stereocenters. The van der Waals surface area contributed by atoms with Gasteiger partial charge in [0.05, 0.1) is 25.8 Å². The lowest BCUT2D eigenvalue weighted by Crippen LogP contribution is -2.17. The van der Waals surface area contributed by atoms with Gasteiger partial charge in [0, 0.05) is 16.5 Å². The van der Waals surface area contributed by atoms with E-state index in [4.69, 9.17) is 18.7 Å². The van der Waals surface area contributed by atoms with Crippen LogP contribution in [0.4, 0.5) is 5.82 Å². The molecule has 0 radical (unpaired) electrons. The number of benzene rings is 2. The quantitative estimate of drug-likeness (QED) is 0.437. The van der Waals surface area contributed by atoms with E-state index >= 15 is 0 Å². The van der Waals surface area contributed by atoms with Gasteiger partial charge in [-0.1, -0.05) is 11.2 Å². The second-order valence-electron chi connectivity index (χ2n) is 7.52. The molecule has 6 nitrogen and oxygen atoms in total. The number of nitrogens with one attached hydrogen (secondary N) is 1. The summed E-state index contributed by atoms with van der Waals surface area (Å²) in [6.45, 7) is 0. The van der Waals surface area contributed by atoms with Crippen LogP contribution < -0.4 is 18.9 Å². The van der Waals surface area contributed by atoms with Crippen molar-refractivity contribution in [3.8, 4) is 28.6 Å². The Morgan fingerprint density at radius 2 is 1.77 bits per heavy atom. The molecule has 0 unspecified atom stereocenters. The number of nitrogens with zero attached hydrogens (tertiary/aromatic N) is 1. The molecule has 8 heteroatoms. The van der Waals surface area contributed by atoms with Crippen LogP contribution in [0.1, 0.15) is 24.0 Å². The summed E-state index contributed by atoms with van der Waals surface area (Å²) in [5, 5.41) is 4.35. The molecule has 1 fully saturated rings. The molecule has 2 aliphatic carbocycles. The summed E-state index contributed by atoms with van der Waals surface area (Å²) in [4.78, 5) is 0.863. The number of hydrogen-bond acceptors (Lipinski definition) is 7. The van der Waals surface area contributed by atoms with Crippen LogP contribution in [-0.4, -0.2) is 26.5 Å². The van der Waals surface area contributed by atoms with Gasteiger partial charge in [-0.3, -0.25) is 0 Å². The minimum absolute atomic E-state index is 0.159. The highest BCUT2D eigenvalue weighted by Gasteiger charge is 2.50. The fraction of sp³-hybridized carbons (Fsp3) is 0.318. The Morgan fingerprint density at radius 3 is 2.40 bits per heavy atom. The number of aromatic nitrogens is 1. The standard InChI is InChI=1S/C22H21BrN2O4S/c1-26-16-5-4-6-17(27-2)20(16)30-25-21-13-11-22(7-8-22)14-10-15(23)18(28-3)9-12(14)19(13)29-24-21/h4-6,9-10H,7-8,11H2,1-3H3,(H,24,25). The van der Waals surface area contributed by atoms with Crippen LogP contribution in [0.15, 0.2) is 44.2 Å². The summed E-state index contributed by atoms with van der Waals surface area (Å²) in [6.07, 6.45) is 3.23. The Kier molecular flexibility index (Phi) is 4.86. The van der Waals surface area contributed by atoms with Crippen LogP contribution in [0.2, 0.25) is 0 Å². The van der Waals surface area contributed by atoms with Crippen molar-refractivity contribution in [1.29, 1.82) is 0 Å². The van der Waals surface area contributed by atoms with Crippen molar-refractivity contribution in [3.05, 3.63) is 45.9 Å². The Labute approximate surface area is 187 Å². The monoisotopic (exact) mass is 488 g/mol. The van der Waals surface area contributed by atoms with Crippen LogP contribution in [0, 0.1) is 0 Å². The molecule has 1 N–H and O–H groups in total. The predicted octanol–water partition coefficient (Wildman–Crippen LogP) is 5.84. The maximum Gasteiger partial charge on any atom is 0.183 e. The van der Waals surface area contributed by atoms with E-state index in [0.29, 0.717) is 0 Å². The van der Waals surface area contributed by atoms with Gasteiger partial charge in [0.1, 0.15) is 22.1 Å². The van der Waals surface area contributed by atoms with E-state index in [1.54, 1.807) is 21.3 Å². The first-order valence-corrected chi connectivity index (χ1v) is 11.2. The van der Waals surface area contributed by atoms with Crippen LogP contribution in [0.3, 0.4) is 0 Å². The number of hydrogen-bond donors (Lipinski definition) is 1. The summed E-state index contributed by atoms with van der Waals surface area (Å²) >= 11 is 5.04. The lowest BCUT2D eigenvalue weighted by Gasteiger charge is -2.25. The molecule has 2 aromatic carbocycles. The van der Waals surface area contributed by atoms with Crippen molar-refractivity contribution in [2.75, 3.05) is 26.1 Å². The number of rotatable bonds is 6. The van der Waals surface area contributed by atoms with E-state index in [1.807, 2.05) is 24.3 Å². The minimum Gasteiger partial charge on any atom is -0.496 e. The molecular weight excluding hydrogens is 468 g/mol. The molecular formula is C22H21BrN2O4S. The summed E-state index contributed by atoms with van der Waals surface area (Å²) < 4.78 is 26.7. The van der Waals surface area contributed by atoms with Crippen molar-refractivity contribution in [2.24, 2.45) is 0 Å². The van der Waals surface area contributed by atoms with Gasteiger partial charge in [-0.15, -0.1) is 0 Å². The number of ether oxygens (including phenoxy) is 3. The summed E-state index contributed by atoms with van der Waals surface area (Å²) in [7, 11) is 4.97. The molecule has 3 aromatic rings. The average molecular weight is 489 g/mol. The molecule has 0 saturated heterocycles. The number of halogens is 1. The van der Waals surface area contributed by atoms with E-state index < -0.39 is 0 Å². The van der Waals surface area contributed by atoms with E-state index in [0.717, 1.165) is 68.6 Å². The van der Waals surface area contributed by atoms with E-state index in [-0.39, 0.29) is 5.41 Å². The Hall–Kier alpha value is -2.32. The zero-order valence-electron chi connectivity index (χ0n) is 16.9. The molecule has 1 saturated carbocycles. The van der Waals surface area contributed by atoms with Gasteiger partial charge in [-0.25, -0.2) is 0 Å². The van der Waals surface area contributed by atoms with Gasteiger partial charge >= 0.3 is 0 Å². The first-order chi connectivity index (χ1) is 14.6. The maximum absolute atomic E-state index is 5.82. The first-order valence-electron chi connectivity index (χ1n) is 9.61. The maximum atomic E-state index is 5.82. The SMILES string of the molecule is COc1cc2c(cc1Br)C1(CC1)Cc1c(NSc3c(OC)cccc3OC)noc1-2. The minimum atomic E-state index is 0.159. The van der Waals surface area contributed by atoms with Crippen molar-refractivity contribution in [1.82, 2.24) is 5.16 Å². The number of methoxy groups -OCH3 is 3. The highest BCUT2D eigenvalue weighted by Crippen LogP contribution is 2.59. The Bertz CT molecular complexity index is 1100. The topological polar surface area (TPSA) is 65.8 Å². The molecule has 2 aliphatic rings. The van der Waals surface area contributed by atoms with Crippen LogP contribution in [0.5, 0.6) is 17.2 Å². The second kappa shape index (κ2) is 7.42. The fourth-order valence-corrected chi connectivity index (χ4v) is 5.52. The van der Waals surface area contributed by atoms with Gasteiger partial charge < -0.3 is 23.5 Å². The number of fused-ring (bicyclic) bond motifs is 4. The van der Waals surface area contributed by atoms with Gasteiger partial charge in [0.15, 0.2) is 11.6 Å². The Balaban J connectivity index is 1.51. The van der Waals surface area contributed by atoms with Crippen molar-refractivity contribution in [2.45, 2.75) is 29.6 Å². The molecule has 30 heavy (non-hydrogen) atoms. The van der Waals surface area contributed by atoms with E-state index in [1.165, 1.54) is 17.5 Å². The third-order valence-corrected chi connectivity index (χ3v) is 7.42. The van der Waals surface area contributed by atoms with E-state index in [2.05, 4.69) is 31.9 Å². The van der Waals surface area contributed by atoms with Gasteiger partial charge in [-0.2, -0.15) is 0 Å². The third-order valence-electron chi connectivity index (χ3n) is 5.90. The van der Waals surface area contributed by atoms with Crippen LogP contribution in [-0.2, 0) is 11.8 Å². The molecule has 0 bridgehead atoms. The molecule has 0 aliphatic heterocycles. The smallest absolute Gasteiger partial charge is 0.183 e. The summed E-state index contributed by atoms with van der Waals surface area (Å²) in [5.74, 6) is 3.81. The summed E-state index contributed by atoms with van der Waals surface area (Å²) in [6, 6.07) is 9.94.